The Kier molecular flexibility index (Phi) is 3.97. The summed E-state index contributed by atoms with van der Waals surface area (Å²) in [6, 6.07) is 10.1. The van der Waals surface area contributed by atoms with Crippen LogP contribution in [0.5, 0.6) is 0 Å². The number of amides is 1. The molecule has 1 aliphatic heterocycles. The van der Waals surface area contributed by atoms with Gasteiger partial charge in [-0.2, -0.15) is 0 Å². The molecule has 0 fully saturated rings. The van der Waals surface area contributed by atoms with Gasteiger partial charge in [0.25, 0.3) is 5.71 Å². The summed E-state index contributed by atoms with van der Waals surface area (Å²) in [5.41, 5.74) is 4.59. The molecule has 3 aromatic rings. The Morgan fingerprint density at radius 3 is 2.96 bits per heavy atom. The molecule has 6 heteroatoms. The Hall–Kier alpha value is -2.73. The second-order valence-electron chi connectivity index (χ2n) is 6.50. The van der Waals surface area contributed by atoms with Gasteiger partial charge in [-0.05, 0) is 37.5 Å². The summed E-state index contributed by atoms with van der Waals surface area (Å²) in [7, 11) is 0. The van der Waals surface area contributed by atoms with Crippen molar-refractivity contribution >= 4 is 22.7 Å². The zero-order valence-corrected chi connectivity index (χ0v) is 14.3. The van der Waals surface area contributed by atoms with E-state index < -0.39 is 0 Å². The third-order valence-electron chi connectivity index (χ3n) is 4.86. The molecule has 6 nitrogen and oxygen atoms in total. The standard InChI is InChI=1S/C19H20N4O2/c1-12-17-9-16(10-20-19(17)25-22-12)21-18(24)13(2)23-8-7-14-5-3-4-6-15(14)11-23/h3-6,9-10,13H,7-8,11H2,1-2H3,(H,21,24). The van der Waals surface area contributed by atoms with E-state index >= 15 is 0 Å². The van der Waals surface area contributed by atoms with Gasteiger partial charge in [-0.25, -0.2) is 4.98 Å². The number of rotatable bonds is 3. The van der Waals surface area contributed by atoms with Crippen molar-refractivity contribution in [3.63, 3.8) is 0 Å². The fourth-order valence-corrected chi connectivity index (χ4v) is 3.27. The molecule has 1 unspecified atom stereocenters. The minimum absolute atomic E-state index is 0.0327. The third-order valence-corrected chi connectivity index (χ3v) is 4.86. The van der Waals surface area contributed by atoms with Crippen molar-refractivity contribution in [2.24, 2.45) is 0 Å². The maximum atomic E-state index is 12.7. The van der Waals surface area contributed by atoms with Crippen molar-refractivity contribution in [1.82, 2.24) is 15.0 Å². The Morgan fingerprint density at radius 1 is 1.32 bits per heavy atom. The molecule has 3 heterocycles. The van der Waals surface area contributed by atoms with Crippen LogP contribution >= 0.6 is 0 Å². The lowest BCUT2D eigenvalue weighted by Gasteiger charge is -2.32. The van der Waals surface area contributed by atoms with Crippen LogP contribution in [0.1, 0.15) is 23.7 Å². The fraction of sp³-hybridized carbons (Fsp3) is 0.316. The number of hydrogen-bond donors (Lipinski definition) is 1. The number of fused-ring (bicyclic) bond motifs is 2. The van der Waals surface area contributed by atoms with E-state index in [1.54, 1.807) is 6.20 Å². The van der Waals surface area contributed by atoms with Crippen LogP contribution in [0, 0.1) is 6.92 Å². The highest BCUT2D eigenvalue weighted by Crippen LogP contribution is 2.22. The average Bonchev–Trinajstić information content (AvgIpc) is 3.01. The maximum absolute atomic E-state index is 12.7. The zero-order valence-electron chi connectivity index (χ0n) is 14.3. The molecule has 1 aliphatic rings. The summed E-state index contributed by atoms with van der Waals surface area (Å²) < 4.78 is 5.10. The molecule has 0 bridgehead atoms. The van der Waals surface area contributed by atoms with Gasteiger partial charge < -0.3 is 9.84 Å². The number of hydrogen-bond acceptors (Lipinski definition) is 5. The Bertz CT molecular complexity index is 934. The molecule has 1 aromatic carbocycles. The summed E-state index contributed by atoms with van der Waals surface area (Å²) in [5, 5.41) is 7.66. The van der Waals surface area contributed by atoms with Gasteiger partial charge in [0.2, 0.25) is 5.91 Å². The van der Waals surface area contributed by atoms with Gasteiger partial charge in [-0.3, -0.25) is 9.69 Å². The lowest BCUT2D eigenvalue weighted by molar-refractivity contribution is -0.121. The summed E-state index contributed by atoms with van der Waals surface area (Å²) in [5.74, 6) is -0.0327. The quantitative estimate of drug-likeness (QED) is 0.796. The largest absolute Gasteiger partial charge is 0.336 e. The van der Waals surface area contributed by atoms with Crippen LogP contribution in [0.2, 0.25) is 0 Å². The molecule has 128 valence electrons. The first-order valence-electron chi connectivity index (χ1n) is 8.45. The van der Waals surface area contributed by atoms with Crippen molar-refractivity contribution < 1.29 is 9.32 Å². The van der Waals surface area contributed by atoms with Crippen LogP contribution < -0.4 is 5.32 Å². The van der Waals surface area contributed by atoms with E-state index in [4.69, 9.17) is 4.52 Å². The first kappa shape index (κ1) is 15.8. The van der Waals surface area contributed by atoms with E-state index in [9.17, 15) is 4.79 Å². The predicted molar refractivity (Wildman–Crippen MR) is 95.2 cm³/mol. The first-order chi connectivity index (χ1) is 12.1. The Morgan fingerprint density at radius 2 is 2.12 bits per heavy atom. The number of carbonyl (C=O) groups is 1. The molecule has 4 rings (SSSR count). The van der Waals surface area contributed by atoms with Crippen LogP contribution in [-0.4, -0.2) is 33.5 Å². The lowest BCUT2D eigenvalue weighted by atomic mass is 9.99. The van der Waals surface area contributed by atoms with Crippen molar-refractivity contribution in [3.8, 4) is 0 Å². The van der Waals surface area contributed by atoms with E-state index in [1.165, 1.54) is 11.1 Å². The minimum atomic E-state index is -0.215. The van der Waals surface area contributed by atoms with Crippen molar-refractivity contribution in [2.75, 3.05) is 11.9 Å². The van der Waals surface area contributed by atoms with E-state index in [1.807, 2.05) is 19.9 Å². The smallest absolute Gasteiger partial charge is 0.258 e. The number of aromatic nitrogens is 2. The minimum Gasteiger partial charge on any atom is -0.336 e. The van der Waals surface area contributed by atoms with E-state index in [2.05, 4.69) is 44.6 Å². The topological polar surface area (TPSA) is 71.3 Å². The highest BCUT2D eigenvalue weighted by Gasteiger charge is 2.25. The number of carbonyl (C=O) groups excluding carboxylic acids is 1. The zero-order chi connectivity index (χ0) is 17.4. The first-order valence-corrected chi connectivity index (χ1v) is 8.45. The van der Waals surface area contributed by atoms with E-state index in [0.29, 0.717) is 11.4 Å². The molecule has 1 amide bonds. The molecule has 0 saturated heterocycles. The molecular weight excluding hydrogens is 316 g/mol. The molecular formula is C19H20N4O2. The fourth-order valence-electron chi connectivity index (χ4n) is 3.27. The number of pyridine rings is 1. The van der Waals surface area contributed by atoms with Crippen LogP contribution in [0.15, 0.2) is 41.1 Å². The molecule has 25 heavy (non-hydrogen) atoms. The van der Waals surface area contributed by atoms with Crippen LogP contribution in [0.4, 0.5) is 5.69 Å². The summed E-state index contributed by atoms with van der Waals surface area (Å²) in [6.45, 7) is 5.48. The van der Waals surface area contributed by atoms with Gasteiger partial charge in [0.05, 0.1) is 29.0 Å². The molecule has 0 radical (unpaired) electrons. The number of benzene rings is 1. The summed E-state index contributed by atoms with van der Waals surface area (Å²) in [4.78, 5) is 19.1. The van der Waals surface area contributed by atoms with E-state index in [-0.39, 0.29) is 11.9 Å². The van der Waals surface area contributed by atoms with E-state index in [0.717, 1.165) is 30.6 Å². The van der Waals surface area contributed by atoms with Crippen molar-refractivity contribution in [1.29, 1.82) is 0 Å². The monoisotopic (exact) mass is 336 g/mol. The molecule has 0 saturated carbocycles. The molecule has 0 spiro atoms. The SMILES string of the molecule is Cc1noc2ncc(NC(=O)C(C)N3CCc4ccccc4C3)cc12. The highest BCUT2D eigenvalue weighted by molar-refractivity contribution is 5.96. The number of nitrogens with zero attached hydrogens (tertiary/aromatic N) is 3. The van der Waals surface area contributed by atoms with Crippen LogP contribution in [0.3, 0.4) is 0 Å². The summed E-state index contributed by atoms with van der Waals surface area (Å²) >= 11 is 0. The Balaban J connectivity index is 1.47. The van der Waals surface area contributed by atoms with Crippen molar-refractivity contribution in [2.45, 2.75) is 32.9 Å². The van der Waals surface area contributed by atoms with Crippen LogP contribution in [-0.2, 0) is 17.8 Å². The summed E-state index contributed by atoms with van der Waals surface area (Å²) in [6.07, 6.45) is 2.57. The van der Waals surface area contributed by atoms with Gasteiger partial charge in [-0.1, -0.05) is 29.4 Å². The van der Waals surface area contributed by atoms with Gasteiger partial charge >= 0.3 is 0 Å². The van der Waals surface area contributed by atoms with Gasteiger partial charge in [0.1, 0.15) is 0 Å². The predicted octanol–water partition coefficient (Wildman–Crippen LogP) is 2.92. The maximum Gasteiger partial charge on any atom is 0.258 e. The molecule has 1 atom stereocenters. The third kappa shape index (κ3) is 3.00. The van der Waals surface area contributed by atoms with Gasteiger partial charge in [0.15, 0.2) is 0 Å². The highest BCUT2D eigenvalue weighted by atomic mass is 16.5. The van der Waals surface area contributed by atoms with Crippen LogP contribution in [0.25, 0.3) is 11.1 Å². The van der Waals surface area contributed by atoms with Gasteiger partial charge in [-0.15, -0.1) is 0 Å². The number of aryl methyl sites for hydroxylation is 1. The number of anilines is 1. The molecule has 2 aromatic heterocycles. The normalized spacial score (nSPS) is 15.8. The lowest BCUT2D eigenvalue weighted by Crippen LogP contribution is -2.44. The number of nitrogens with one attached hydrogen (secondary N) is 1. The van der Waals surface area contributed by atoms with Gasteiger partial charge in [0, 0.05) is 13.1 Å². The molecule has 1 N–H and O–H groups in total. The van der Waals surface area contributed by atoms with Crippen molar-refractivity contribution in [3.05, 3.63) is 53.3 Å². The second kappa shape index (κ2) is 6.29. The second-order valence-corrected chi connectivity index (χ2v) is 6.50. The Labute approximate surface area is 145 Å². The molecule has 0 aliphatic carbocycles. The average molecular weight is 336 g/mol.